The Balaban J connectivity index is 2.07. The van der Waals surface area contributed by atoms with Gasteiger partial charge in [-0.2, -0.15) is 5.10 Å². The van der Waals surface area contributed by atoms with E-state index in [1.807, 2.05) is 54.7 Å². The van der Waals surface area contributed by atoms with Crippen LogP contribution in [0.15, 0.2) is 54.7 Å². The lowest BCUT2D eigenvalue weighted by molar-refractivity contribution is 1.10. The number of H-pyrrole nitrogens is 1. The first-order chi connectivity index (χ1) is 9.24. The molecule has 94 valence electrons. The Kier molecular flexibility index (Phi) is 2.68. The lowest BCUT2D eigenvalue weighted by atomic mass is 10.0. The zero-order valence-corrected chi connectivity index (χ0v) is 10.3. The maximum atomic E-state index is 5.71. The lowest BCUT2D eigenvalue weighted by Crippen LogP contribution is -1.87. The molecule has 0 spiro atoms. The van der Waals surface area contributed by atoms with Crippen molar-refractivity contribution in [1.82, 2.24) is 10.2 Å². The standard InChI is InChI=1S/C15H14N4/c16-12-5-1-10(2-6-12)14-9-18-19-15(14)11-3-7-13(17)8-4-11/h1-9H,16-17H2,(H,18,19). The molecular formula is C15H14N4. The molecule has 4 heteroatoms. The van der Waals surface area contributed by atoms with Crippen LogP contribution in [0.5, 0.6) is 0 Å². The summed E-state index contributed by atoms with van der Waals surface area (Å²) < 4.78 is 0. The second-order valence-corrected chi connectivity index (χ2v) is 4.40. The number of aromatic amines is 1. The van der Waals surface area contributed by atoms with Crippen LogP contribution in [0.2, 0.25) is 0 Å². The van der Waals surface area contributed by atoms with Crippen molar-refractivity contribution >= 4 is 11.4 Å². The molecule has 0 saturated heterocycles. The number of aromatic nitrogens is 2. The molecule has 0 radical (unpaired) electrons. The van der Waals surface area contributed by atoms with Crippen LogP contribution in [-0.2, 0) is 0 Å². The van der Waals surface area contributed by atoms with Gasteiger partial charge in [0.1, 0.15) is 0 Å². The molecule has 19 heavy (non-hydrogen) atoms. The SMILES string of the molecule is Nc1ccc(-c2cn[nH]c2-c2ccc(N)cc2)cc1. The van der Waals surface area contributed by atoms with Crippen molar-refractivity contribution in [1.29, 1.82) is 0 Å². The minimum Gasteiger partial charge on any atom is -0.399 e. The quantitative estimate of drug-likeness (QED) is 0.612. The fourth-order valence-electron chi connectivity index (χ4n) is 2.04. The van der Waals surface area contributed by atoms with Crippen LogP contribution in [0.4, 0.5) is 11.4 Å². The van der Waals surface area contributed by atoms with Crippen LogP contribution in [0.25, 0.3) is 22.4 Å². The van der Waals surface area contributed by atoms with Gasteiger partial charge in [0.05, 0.1) is 11.9 Å². The van der Waals surface area contributed by atoms with E-state index in [0.717, 1.165) is 33.8 Å². The lowest BCUT2D eigenvalue weighted by Gasteiger charge is -2.04. The number of anilines is 2. The third kappa shape index (κ3) is 2.15. The molecule has 0 fully saturated rings. The van der Waals surface area contributed by atoms with E-state index in [4.69, 9.17) is 11.5 Å². The van der Waals surface area contributed by atoms with Crippen LogP contribution >= 0.6 is 0 Å². The first-order valence-electron chi connectivity index (χ1n) is 5.99. The highest BCUT2D eigenvalue weighted by atomic mass is 15.1. The van der Waals surface area contributed by atoms with E-state index in [0.29, 0.717) is 0 Å². The topological polar surface area (TPSA) is 80.7 Å². The van der Waals surface area contributed by atoms with Crippen LogP contribution in [0, 0.1) is 0 Å². The molecular weight excluding hydrogens is 236 g/mol. The van der Waals surface area contributed by atoms with Gasteiger partial charge in [-0.15, -0.1) is 0 Å². The molecule has 0 aliphatic heterocycles. The molecule has 1 heterocycles. The van der Waals surface area contributed by atoms with Crippen molar-refractivity contribution in [3.05, 3.63) is 54.7 Å². The number of nitrogens with two attached hydrogens (primary N) is 2. The summed E-state index contributed by atoms with van der Waals surface area (Å²) in [7, 11) is 0. The fourth-order valence-corrected chi connectivity index (χ4v) is 2.04. The molecule has 2 aromatic carbocycles. The van der Waals surface area contributed by atoms with E-state index in [1.165, 1.54) is 0 Å². The van der Waals surface area contributed by atoms with E-state index in [-0.39, 0.29) is 0 Å². The van der Waals surface area contributed by atoms with E-state index in [2.05, 4.69) is 10.2 Å². The molecule has 0 atom stereocenters. The summed E-state index contributed by atoms with van der Waals surface area (Å²) in [4.78, 5) is 0. The molecule has 5 N–H and O–H groups in total. The summed E-state index contributed by atoms with van der Waals surface area (Å²) >= 11 is 0. The van der Waals surface area contributed by atoms with Crippen molar-refractivity contribution in [3.8, 4) is 22.4 Å². The van der Waals surface area contributed by atoms with Crippen LogP contribution in [0.3, 0.4) is 0 Å². The van der Waals surface area contributed by atoms with Gasteiger partial charge in [-0.3, -0.25) is 5.10 Å². The molecule has 0 bridgehead atoms. The summed E-state index contributed by atoms with van der Waals surface area (Å²) in [5.74, 6) is 0. The van der Waals surface area contributed by atoms with Gasteiger partial charge < -0.3 is 11.5 Å². The number of rotatable bonds is 2. The van der Waals surface area contributed by atoms with Gasteiger partial charge in [-0.1, -0.05) is 24.3 Å². The highest BCUT2D eigenvalue weighted by molar-refractivity contribution is 5.81. The van der Waals surface area contributed by atoms with Gasteiger partial charge >= 0.3 is 0 Å². The maximum Gasteiger partial charge on any atom is 0.0728 e. The van der Waals surface area contributed by atoms with Crippen LogP contribution in [-0.4, -0.2) is 10.2 Å². The Labute approximate surface area is 111 Å². The smallest absolute Gasteiger partial charge is 0.0728 e. The number of hydrogen-bond donors (Lipinski definition) is 3. The number of nitrogen functional groups attached to an aromatic ring is 2. The fraction of sp³-hybridized carbons (Fsp3) is 0. The average molecular weight is 250 g/mol. The average Bonchev–Trinajstić information content (AvgIpc) is 2.90. The zero-order chi connectivity index (χ0) is 13.2. The molecule has 3 aromatic rings. The van der Waals surface area contributed by atoms with Gasteiger partial charge in [-0.25, -0.2) is 0 Å². The monoisotopic (exact) mass is 250 g/mol. The predicted octanol–water partition coefficient (Wildman–Crippen LogP) is 2.91. The number of hydrogen-bond acceptors (Lipinski definition) is 3. The normalized spacial score (nSPS) is 10.5. The molecule has 0 aliphatic rings. The Morgan fingerprint density at radius 2 is 1.26 bits per heavy atom. The summed E-state index contributed by atoms with van der Waals surface area (Å²) in [6, 6.07) is 15.4. The first-order valence-corrected chi connectivity index (χ1v) is 5.99. The van der Waals surface area contributed by atoms with E-state index < -0.39 is 0 Å². The number of nitrogens with zero attached hydrogens (tertiary/aromatic N) is 1. The predicted molar refractivity (Wildman–Crippen MR) is 78.3 cm³/mol. The van der Waals surface area contributed by atoms with Crippen molar-refractivity contribution in [2.75, 3.05) is 11.5 Å². The minimum absolute atomic E-state index is 0.747. The van der Waals surface area contributed by atoms with Crippen molar-refractivity contribution in [3.63, 3.8) is 0 Å². The van der Waals surface area contributed by atoms with Crippen molar-refractivity contribution in [2.45, 2.75) is 0 Å². The van der Waals surface area contributed by atoms with Gasteiger partial charge in [0.15, 0.2) is 0 Å². The third-order valence-corrected chi connectivity index (χ3v) is 3.06. The summed E-state index contributed by atoms with van der Waals surface area (Å²) in [6.07, 6.45) is 1.82. The molecule has 3 rings (SSSR count). The van der Waals surface area contributed by atoms with Gasteiger partial charge in [0, 0.05) is 22.5 Å². The second-order valence-electron chi connectivity index (χ2n) is 4.40. The minimum atomic E-state index is 0.747. The number of benzene rings is 2. The zero-order valence-electron chi connectivity index (χ0n) is 10.3. The highest BCUT2D eigenvalue weighted by Crippen LogP contribution is 2.30. The molecule has 4 nitrogen and oxygen atoms in total. The van der Waals surface area contributed by atoms with Crippen molar-refractivity contribution in [2.24, 2.45) is 0 Å². The highest BCUT2D eigenvalue weighted by Gasteiger charge is 2.09. The first kappa shape index (κ1) is 11.3. The van der Waals surface area contributed by atoms with Gasteiger partial charge in [-0.05, 0) is 29.8 Å². The van der Waals surface area contributed by atoms with Gasteiger partial charge in [0.2, 0.25) is 0 Å². The number of nitrogens with one attached hydrogen (secondary N) is 1. The third-order valence-electron chi connectivity index (χ3n) is 3.06. The summed E-state index contributed by atoms with van der Waals surface area (Å²) in [5, 5.41) is 7.16. The van der Waals surface area contributed by atoms with Crippen molar-refractivity contribution < 1.29 is 0 Å². The molecule has 0 amide bonds. The van der Waals surface area contributed by atoms with Crippen LogP contribution in [0.1, 0.15) is 0 Å². The largest absolute Gasteiger partial charge is 0.399 e. The second kappa shape index (κ2) is 4.49. The Bertz CT molecular complexity index is 621. The van der Waals surface area contributed by atoms with Gasteiger partial charge in [0.25, 0.3) is 0 Å². The molecule has 0 aliphatic carbocycles. The Hall–Kier alpha value is -2.75. The Morgan fingerprint density at radius 3 is 1.84 bits per heavy atom. The maximum absolute atomic E-state index is 5.71. The van der Waals surface area contributed by atoms with E-state index in [9.17, 15) is 0 Å². The van der Waals surface area contributed by atoms with E-state index >= 15 is 0 Å². The molecule has 0 unspecified atom stereocenters. The Morgan fingerprint density at radius 1 is 0.737 bits per heavy atom. The molecule has 0 saturated carbocycles. The van der Waals surface area contributed by atoms with Crippen LogP contribution < -0.4 is 11.5 Å². The van der Waals surface area contributed by atoms with E-state index in [1.54, 1.807) is 0 Å². The summed E-state index contributed by atoms with van der Waals surface area (Å²) in [6.45, 7) is 0. The molecule has 1 aromatic heterocycles. The summed E-state index contributed by atoms with van der Waals surface area (Å²) in [5.41, 5.74) is 17.1.